The lowest BCUT2D eigenvalue weighted by Gasteiger charge is -2.15. The van der Waals surface area contributed by atoms with Crippen molar-refractivity contribution in [2.24, 2.45) is 0 Å². The van der Waals surface area contributed by atoms with Gasteiger partial charge in [-0.2, -0.15) is 5.10 Å². The van der Waals surface area contributed by atoms with Gasteiger partial charge < -0.3 is 10.2 Å². The Hall–Kier alpha value is -2.93. The Morgan fingerprint density at radius 1 is 1.07 bits per heavy atom. The Balaban J connectivity index is 1.57. The number of thiophene rings is 1. The molecule has 0 saturated carbocycles. The van der Waals surface area contributed by atoms with Crippen LogP contribution in [-0.2, 0) is 4.79 Å². The zero-order valence-electron chi connectivity index (χ0n) is 14.8. The van der Waals surface area contributed by atoms with Crippen molar-refractivity contribution >= 4 is 23.2 Å². The predicted molar refractivity (Wildman–Crippen MR) is 105 cm³/mol. The van der Waals surface area contributed by atoms with Crippen molar-refractivity contribution in [1.82, 2.24) is 20.0 Å². The molecule has 1 fully saturated rings. The van der Waals surface area contributed by atoms with E-state index in [1.807, 2.05) is 47.8 Å². The summed E-state index contributed by atoms with van der Waals surface area (Å²) in [6.07, 6.45) is 3.79. The Labute approximate surface area is 161 Å². The van der Waals surface area contributed by atoms with Gasteiger partial charge in [0.05, 0.1) is 22.7 Å². The Morgan fingerprint density at radius 2 is 1.85 bits per heavy atom. The molecule has 0 bridgehead atoms. The van der Waals surface area contributed by atoms with Crippen molar-refractivity contribution in [3.63, 3.8) is 0 Å². The number of carbonyl (C=O) groups is 2. The first kappa shape index (κ1) is 17.5. The van der Waals surface area contributed by atoms with E-state index in [-0.39, 0.29) is 18.4 Å². The molecule has 4 rings (SSSR count). The summed E-state index contributed by atoms with van der Waals surface area (Å²) in [6, 6.07) is 13.5. The maximum absolute atomic E-state index is 12.8. The third kappa shape index (κ3) is 3.78. The van der Waals surface area contributed by atoms with Crippen molar-refractivity contribution < 1.29 is 9.59 Å². The summed E-state index contributed by atoms with van der Waals surface area (Å²) in [4.78, 5) is 27.7. The average Bonchev–Trinajstić information content (AvgIpc) is 3.47. The monoisotopic (exact) mass is 380 g/mol. The van der Waals surface area contributed by atoms with Crippen LogP contribution >= 0.6 is 11.3 Å². The summed E-state index contributed by atoms with van der Waals surface area (Å²) in [6.45, 7) is 1.57. The molecule has 1 aromatic carbocycles. The van der Waals surface area contributed by atoms with Crippen molar-refractivity contribution in [3.05, 3.63) is 59.6 Å². The fraction of sp³-hybridized carbons (Fsp3) is 0.250. The van der Waals surface area contributed by atoms with E-state index in [9.17, 15) is 9.59 Å². The second-order valence-corrected chi connectivity index (χ2v) is 7.37. The lowest BCUT2D eigenvalue weighted by atomic mass is 10.2. The van der Waals surface area contributed by atoms with Gasteiger partial charge in [0.2, 0.25) is 5.91 Å². The molecule has 3 aromatic rings. The van der Waals surface area contributed by atoms with Crippen molar-refractivity contribution in [3.8, 4) is 16.3 Å². The van der Waals surface area contributed by atoms with E-state index >= 15 is 0 Å². The van der Waals surface area contributed by atoms with Crippen LogP contribution in [0.25, 0.3) is 16.3 Å². The van der Waals surface area contributed by atoms with E-state index in [4.69, 9.17) is 0 Å². The molecule has 0 unspecified atom stereocenters. The number of hydrogen-bond acceptors (Lipinski definition) is 4. The highest BCUT2D eigenvalue weighted by Crippen LogP contribution is 2.27. The number of nitrogens with one attached hydrogen (secondary N) is 1. The highest BCUT2D eigenvalue weighted by molar-refractivity contribution is 7.13. The van der Waals surface area contributed by atoms with Gasteiger partial charge in [-0.25, -0.2) is 4.68 Å². The minimum absolute atomic E-state index is 0.0131. The zero-order chi connectivity index (χ0) is 18.6. The molecule has 0 atom stereocenters. The first-order chi connectivity index (χ1) is 13.2. The number of nitrogens with zero attached hydrogens (tertiary/aromatic N) is 3. The van der Waals surface area contributed by atoms with E-state index in [0.29, 0.717) is 11.3 Å². The van der Waals surface area contributed by atoms with E-state index in [1.165, 1.54) is 11.3 Å². The second-order valence-electron chi connectivity index (χ2n) is 6.42. The molecule has 6 nitrogen and oxygen atoms in total. The molecule has 3 heterocycles. The van der Waals surface area contributed by atoms with Gasteiger partial charge in [-0.3, -0.25) is 9.59 Å². The molecular formula is C20H20N4O2S. The van der Waals surface area contributed by atoms with E-state index in [1.54, 1.807) is 15.8 Å². The number of benzene rings is 1. The third-order valence-electron chi connectivity index (χ3n) is 4.59. The summed E-state index contributed by atoms with van der Waals surface area (Å²) >= 11 is 1.53. The summed E-state index contributed by atoms with van der Waals surface area (Å²) < 4.78 is 1.70. The van der Waals surface area contributed by atoms with Gasteiger partial charge in [0.15, 0.2) is 0 Å². The SMILES string of the molecule is O=C(NCC(=O)N1CCCC1)c1cn(-c2ccccc2)nc1-c1cccs1. The lowest BCUT2D eigenvalue weighted by molar-refractivity contribution is -0.129. The fourth-order valence-electron chi connectivity index (χ4n) is 3.18. The molecule has 7 heteroatoms. The molecule has 1 N–H and O–H groups in total. The fourth-order valence-corrected chi connectivity index (χ4v) is 3.90. The number of para-hydroxylation sites is 1. The highest BCUT2D eigenvalue weighted by atomic mass is 32.1. The normalized spacial score (nSPS) is 13.7. The standard InChI is InChI=1S/C20H20N4O2S/c25-18(23-10-4-5-11-23)13-21-20(26)16-14-24(15-7-2-1-3-8-15)22-19(16)17-9-6-12-27-17/h1-3,6-9,12,14H,4-5,10-11,13H2,(H,21,26). The number of rotatable bonds is 5. The van der Waals surface area contributed by atoms with Gasteiger partial charge in [0.25, 0.3) is 5.91 Å². The Bertz CT molecular complexity index is 928. The maximum Gasteiger partial charge on any atom is 0.255 e. The molecule has 1 aliphatic rings. The largest absolute Gasteiger partial charge is 0.343 e. The summed E-state index contributed by atoms with van der Waals surface area (Å²) in [5.74, 6) is -0.317. The number of carbonyl (C=O) groups excluding carboxylic acids is 2. The summed E-state index contributed by atoms with van der Waals surface area (Å²) in [7, 11) is 0. The number of likely N-dealkylation sites (tertiary alicyclic amines) is 1. The van der Waals surface area contributed by atoms with Crippen LogP contribution in [0, 0.1) is 0 Å². The highest BCUT2D eigenvalue weighted by Gasteiger charge is 2.22. The minimum Gasteiger partial charge on any atom is -0.343 e. The molecule has 2 amide bonds. The van der Waals surface area contributed by atoms with Crippen LogP contribution in [0.15, 0.2) is 54.0 Å². The molecule has 0 radical (unpaired) electrons. The topological polar surface area (TPSA) is 67.2 Å². The number of hydrogen-bond donors (Lipinski definition) is 1. The van der Waals surface area contributed by atoms with Gasteiger partial charge in [0.1, 0.15) is 5.69 Å². The molecule has 0 aliphatic carbocycles. The first-order valence-corrected chi connectivity index (χ1v) is 9.85. The third-order valence-corrected chi connectivity index (χ3v) is 5.47. The maximum atomic E-state index is 12.8. The average molecular weight is 380 g/mol. The van der Waals surface area contributed by atoms with Crippen LogP contribution < -0.4 is 5.32 Å². The van der Waals surface area contributed by atoms with Crippen molar-refractivity contribution in [2.75, 3.05) is 19.6 Å². The number of aromatic nitrogens is 2. The van der Waals surface area contributed by atoms with E-state index in [0.717, 1.165) is 36.5 Å². The minimum atomic E-state index is -0.284. The molecule has 0 spiro atoms. The Morgan fingerprint density at radius 3 is 2.56 bits per heavy atom. The Kier molecular flexibility index (Phi) is 5.02. The van der Waals surface area contributed by atoms with Crippen LogP contribution in [-0.4, -0.2) is 46.1 Å². The zero-order valence-corrected chi connectivity index (χ0v) is 15.6. The predicted octanol–water partition coefficient (Wildman–Crippen LogP) is 2.95. The smallest absolute Gasteiger partial charge is 0.255 e. The van der Waals surface area contributed by atoms with Crippen molar-refractivity contribution in [1.29, 1.82) is 0 Å². The molecule has 138 valence electrons. The van der Waals surface area contributed by atoms with E-state index < -0.39 is 0 Å². The summed E-state index contributed by atoms with van der Waals surface area (Å²) in [5, 5.41) is 9.34. The summed E-state index contributed by atoms with van der Waals surface area (Å²) in [5.41, 5.74) is 1.97. The first-order valence-electron chi connectivity index (χ1n) is 8.97. The van der Waals surface area contributed by atoms with Crippen LogP contribution in [0.3, 0.4) is 0 Å². The number of amides is 2. The van der Waals surface area contributed by atoms with Gasteiger partial charge in [-0.05, 0) is 36.4 Å². The van der Waals surface area contributed by atoms with Gasteiger partial charge >= 0.3 is 0 Å². The molecule has 1 saturated heterocycles. The van der Waals surface area contributed by atoms with Gasteiger partial charge in [-0.15, -0.1) is 11.3 Å². The molecular weight excluding hydrogens is 360 g/mol. The van der Waals surface area contributed by atoms with Crippen LogP contribution in [0.2, 0.25) is 0 Å². The van der Waals surface area contributed by atoms with Crippen LogP contribution in [0.4, 0.5) is 0 Å². The van der Waals surface area contributed by atoms with Crippen LogP contribution in [0.5, 0.6) is 0 Å². The van der Waals surface area contributed by atoms with Gasteiger partial charge in [-0.1, -0.05) is 24.3 Å². The molecule has 1 aliphatic heterocycles. The van der Waals surface area contributed by atoms with E-state index in [2.05, 4.69) is 10.4 Å². The van der Waals surface area contributed by atoms with Crippen molar-refractivity contribution in [2.45, 2.75) is 12.8 Å². The van der Waals surface area contributed by atoms with Gasteiger partial charge in [0, 0.05) is 19.3 Å². The second kappa shape index (κ2) is 7.75. The molecule has 2 aromatic heterocycles. The molecule has 27 heavy (non-hydrogen) atoms. The van der Waals surface area contributed by atoms with Crippen LogP contribution in [0.1, 0.15) is 23.2 Å². The quantitative estimate of drug-likeness (QED) is 0.740. The lowest BCUT2D eigenvalue weighted by Crippen LogP contribution is -2.38.